The number of carbonyl (C=O) groups is 2. The van der Waals surface area contributed by atoms with Crippen molar-refractivity contribution in [2.24, 2.45) is 5.92 Å². The molecule has 1 aromatic carbocycles. The number of benzene rings is 1. The smallest absolute Gasteiger partial charge is 0.264 e. The number of piperazine rings is 1. The molecule has 3 aliphatic rings. The molecule has 164 valence electrons. The first-order chi connectivity index (χ1) is 15.2. The van der Waals surface area contributed by atoms with Crippen molar-refractivity contribution < 1.29 is 9.59 Å². The van der Waals surface area contributed by atoms with E-state index >= 15 is 0 Å². The molecule has 6 nitrogen and oxygen atoms in total. The van der Waals surface area contributed by atoms with Crippen LogP contribution in [0.2, 0.25) is 0 Å². The predicted molar refractivity (Wildman–Crippen MR) is 125 cm³/mol. The molecular formula is C24H30N4O2S. The highest BCUT2D eigenvalue weighted by atomic mass is 32.1. The van der Waals surface area contributed by atoms with E-state index in [-0.39, 0.29) is 11.8 Å². The van der Waals surface area contributed by atoms with Crippen LogP contribution in [0.1, 0.15) is 35.4 Å². The first kappa shape index (κ1) is 20.5. The molecule has 1 aromatic heterocycles. The minimum Gasteiger partial charge on any atom is -0.369 e. The van der Waals surface area contributed by atoms with Gasteiger partial charge in [-0.1, -0.05) is 12.1 Å². The lowest BCUT2D eigenvalue weighted by molar-refractivity contribution is -0.119. The van der Waals surface area contributed by atoms with Crippen LogP contribution in [-0.4, -0.2) is 66.9 Å². The highest BCUT2D eigenvalue weighted by Gasteiger charge is 2.35. The number of hydrogen-bond acceptors (Lipinski definition) is 5. The lowest BCUT2D eigenvalue weighted by Crippen LogP contribution is -2.47. The number of nitrogens with zero attached hydrogens (tertiary/aromatic N) is 3. The van der Waals surface area contributed by atoms with Crippen LogP contribution < -0.4 is 10.2 Å². The number of amides is 2. The summed E-state index contributed by atoms with van der Waals surface area (Å²) in [6.45, 7) is 6.15. The number of likely N-dealkylation sites (tertiary alicyclic amines) is 1. The van der Waals surface area contributed by atoms with Crippen molar-refractivity contribution in [3.8, 4) is 0 Å². The molecule has 1 saturated carbocycles. The van der Waals surface area contributed by atoms with E-state index in [0.29, 0.717) is 17.8 Å². The van der Waals surface area contributed by atoms with Crippen molar-refractivity contribution in [3.05, 3.63) is 46.7 Å². The summed E-state index contributed by atoms with van der Waals surface area (Å²) in [6.07, 6.45) is 4.38. The van der Waals surface area contributed by atoms with Crippen LogP contribution in [0.15, 0.2) is 41.8 Å². The molecule has 31 heavy (non-hydrogen) atoms. The summed E-state index contributed by atoms with van der Waals surface area (Å²) in [7, 11) is 0. The Kier molecular flexibility index (Phi) is 5.96. The van der Waals surface area contributed by atoms with Gasteiger partial charge in [-0.05, 0) is 61.2 Å². The lowest BCUT2D eigenvalue weighted by Gasteiger charge is -2.36. The molecule has 3 fully saturated rings. The molecule has 1 N–H and O–H groups in total. The summed E-state index contributed by atoms with van der Waals surface area (Å²) < 4.78 is 0. The van der Waals surface area contributed by atoms with E-state index in [2.05, 4.69) is 27.2 Å². The molecule has 5 rings (SSSR count). The lowest BCUT2D eigenvalue weighted by atomic mass is 10.1. The molecule has 0 spiro atoms. The van der Waals surface area contributed by atoms with Gasteiger partial charge in [0.1, 0.15) is 6.04 Å². The van der Waals surface area contributed by atoms with Crippen molar-refractivity contribution in [2.45, 2.75) is 31.7 Å². The van der Waals surface area contributed by atoms with Gasteiger partial charge in [-0.3, -0.25) is 14.5 Å². The fourth-order valence-corrected chi connectivity index (χ4v) is 5.36. The highest BCUT2D eigenvalue weighted by Crippen LogP contribution is 2.30. The van der Waals surface area contributed by atoms with E-state index in [4.69, 9.17) is 0 Å². The molecular weight excluding hydrogens is 408 g/mol. The van der Waals surface area contributed by atoms with E-state index in [1.807, 2.05) is 29.6 Å². The van der Waals surface area contributed by atoms with Gasteiger partial charge in [0, 0.05) is 50.6 Å². The molecule has 2 aliphatic heterocycles. The first-order valence-electron chi connectivity index (χ1n) is 11.4. The molecule has 2 amide bonds. The average molecular weight is 439 g/mol. The van der Waals surface area contributed by atoms with Crippen LogP contribution in [0.25, 0.3) is 0 Å². The standard InChI is InChI=1S/C24H30N4O2S/c29-23(21-6-2-10-28(21)24(30)22-7-3-15-31-22)25-19-4-1-5-20(16-19)27-13-11-26(12-14-27)17-18-8-9-18/h1,3-5,7,15-16,18,21H,2,6,8-14,17H2,(H,25,29)/t21-/m0/s1. The van der Waals surface area contributed by atoms with Gasteiger partial charge < -0.3 is 15.1 Å². The first-order valence-corrected chi connectivity index (χ1v) is 12.3. The summed E-state index contributed by atoms with van der Waals surface area (Å²) in [5.74, 6) is 0.811. The van der Waals surface area contributed by atoms with Gasteiger partial charge in [-0.15, -0.1) is 11.3 Å². The maximum absolute atomic E-state index is 13.0. The summed E-state index contributed by atoms with van der Waals surface area (Å²) in [5.41, 5.74) is 1.96. The van der Waals surface area contributed by atoms with E-state index in [0.717, 1.165) is 49.9 Å². The summed E-state index contributed by atoms with van der Waals surface area (Å²) in [5, 5.41) is 4.97. The zero-order valence-corrected chi connectivity index (χ0v) is 18.7. The Morgan fingerprint density at radius 3 is 2.58 bits per heavy atom. The van der Waals surface area contributed by atoms with Crippen LogP contribution in [-0.2, 0) is 4.79 Å². The Labute approximate surface area is 187 Å². The molecule has 2 aromatic rings. The SMILES string of the molecule is O=C(Nc1cccc(N2CCN(CC3CC3)CC2)c1)[C@@H]1CCCN1C(=O)c1cccs1. The number of rotatable bonds is 6. The average Bonchev–Trinajstić information content (AvgIpc) is 3.25. The zero-order chi connectivity index (χ0) is 21.2. The van der Waals surface area contributed by atoms with E-state index in [9.17, 15) is 9.59 Å². The number of nitrogens with one attached hydrogen (secondary N) is 1. The molecule has 3 heterocycles. The monoisotopic (exact) mass is 438 g/mol. The fourth-order valence-electron chi connectivity index (χ4n) is 4.68. The van der Waals surface area contributed by atoms with Gasteiger partial charge in [-0.25, -0.2) is 0 Å². The van der Waals surface area contributed by atoms with E-state index < -0.39 is 6.04 Å². The van der Waals surface area contributed by atoms with Crippen LogP contribution in [0.5, 0.6) is 0 Å². The number of hydrogen-bond donors (Lipinski definition) is 1. The van der Waals surface area contributed by atoms with Gasteiger partial charge in [0.2, 0.25) is 5.91 Å². The van der Waals surface area contributed by atoms with Crippen molar-refractivity contribution in [1.29, 1.82) is 0 Å². The van der Waals surface area contributed by atoms with Crippen molar-refractivity contribution in [1.82, 2.24) is 9.80 Å². The Morgan fingerprint density at radius 2 is 1.84 bits per heavy atom. The largest absolute Gasteiger partial charge is 0.369 e. The maximum atomic E-state index is 13.0. The van der Waals surface area contributed by atoms with Gasteiger partial charge in [0.25, 0.3) is 5.91 Å². The third kappa shape index (κ3) is 4.77. The molecule has 2 saturated heterocycles. The van der Waals surface area contributed by atoms with Crippen LogP contribution >= 0.6 is 11.3 Å². The predicted octanol–water partition coefficient (Wildman–Crippen LogP) is 3.52. The normalized spacial score (nSPS) is 22.0. The molecule has 7 heteroatoms. The third-order valence-corrected chi connectivity index (χ3v) is 7.47. The summed E-state index contributed by atoms with van der Waals surface area (Å²) in [4.78, 5) is 33.2. The summed E-state index contributed by atoms with van der Waals surface area (Å²) >= 11 is 1.43. The molecule has 1 atom stereocenters. The fraction of sp³-hybridized carbons (Fsp3) is 0.500. The zero-order valence-electron chi connectivity index (χ0n) is 17.8. The van der Waals surface area contributed by atoms with Crippen molar-refractivity contribution in [2.75, 3.05) is 49.5 Å². The number of carbonyl (C=O) groups excluding carboxylic acids is 2. The Bertz CT molecular complexity index is 919. The molecule has 0 unspecified atom stereocenters. The Hall–Kier alpha value is -2.38. The van der Waals surface area contributed by atoms with Crippen molar-refractivity contribution in [3.63, 3.8) is 0 Å². The minimum absolute atomic E-state index is 0.0366. The third-order valence-electron chi connectivity index (χ3n) is 6.61. The number of anilines is 2. The quantitative estimate of drug-likeness (QED) is 0.750. The second-order valence-corrected chi connectivity index (χ2v) is 9.85. The summed E-state index contributed by atoms with van der Waals surface area (Å²) in [6, 6.07) is 11.4. The van der Waals surface area contributed by atoms with E-state index in [1.54, 1.807) is 4.90 Å². The molecule has 0 radical (unpaired) electrons. The second kappa shape index (κ2) is 9.01. The van der Waals surface area contributed by atoms with Gasteiger partial charge in [-0.2, -0.15) is 0 Å². The topological polar surface area (TPSA) is 55.9 Å². The minimum atomic E-state index is -0.399. The van der Waals surface area contributed by atoms with Gasteiger partial charge in [0.15, 0.2) is 0 Å². The van der Waals surface area contributed by atoms with Crippen LogP contribution in [0, 0.1) is 5.92 Å². The van der Waals surface area contributed by atoms with Crippen LogP contribution in [0.4, 0.5) is 11.4 Å². The highest BCUT2D eigenvalue weighted by molar-refractivity contribution is 7.12. The Balaban J connectivity index is 1.20. The Morgan fingerprint density at radius 1 is 1.00 bits per heavy atom. The molecule has 1 aliphatic carbocycles. The second-order valence-electron chi connectivity index (χ2n) is 8.90. The van der Waals surface area contributed by atoms with E-state index in [1.165, 1.54) is 30.7 Å². The number of thiophene rings is 1. The van der Waals surface area contributed by atoms with Gasteiger partial charge in [0.05, 0.1) is 4.88 Å². The maximum Gasteiger partial charge on any atom is 0.264 e. The van der Waals surface area contributed by atoms with Crippen molar-refractivity contribution >= 4 is 34.5 Å². The van der Waals surface area contributed by atoms with Gasteiger partial charge >= 0.3 is 0 Å². The molecule has 0 bridgehead atoms. The van der Waals surface area contributed by atoms with Crippen LogP contribution in [0.3, 0.4) is 0 Å².